The van der Waals surface area contributed by atoms with Crippen molar-refractivity contribution in [3.63, 3.8) is 0 Å². The molecule has 0 bridgehead atoms. The van der Waals surface area contributed by atoms with E-state index in [0.29, 0.717) is 27.3 Å². The molecule has 0 saturated heterocycles. The monoisotopic (exact) mass is 240 g/mol. The van der Waals surface area contributed by atoms with Gasteiger partial charge in [-0.1, -0.05) is 23.2 Å². The predicted octanol–water partition coefficient (Wildman–Crippen LogP) is 2.55. The van der Waals surface area contributed by atoms with E-state index < -0.39 is 0 Å². The van der Waals surface area contributed by atoms with E-state index in [0.717, 1.165) is 0 Å². The number of halogens is 2. The zero-order valence-electron chi connectivity index (χ0n) is 7.78. The highest BCUT2D eigenvalue weighted by Gasteiger charge is 2.08. The molecule has 0 spiro atoms. The Morgan fingerprint density at radius 2 is 1.67 bits per heavy atom. The highest BCUT2D eigenvalue weighted by Crippen LogP contribution is 2.27. The third-order valence-corrected chi connectivity index (χ3v) is 2.31. The van der Waals surface area contributed by atoms with Crippen molar-refractivity contribution >= 4 is 23.2 Å². The molecule has 1 aromatic heterocycles. The highest BCUT2D eigenvalue weighted by atomic mass is 35.5. The van der Waals surface area contributed by atoms with Gasteiger partial charge in [0.25, 0.3) is 0 Å². The molecule has 4 nitrogen and oxygen atoms in total. The molecule has 0 aliphatic rings. The molecule has 1 aromatic carbocycles. The maximum atomic E-state index is 5.98. The molecule has 2 rings (SSSR count). The molecule has 76 valence electrons. The maximum Gasteiger partial charge on any atom is 0.205 e. The fourth-order valence-electron chi connectivity index (χ4n) is 1.06. The number of hydrogen-bond acceptors (Lipinski definition) is 4. The van der Waals surface area contributed by atoms with Crippen molar-refractivity contribution in [1.82, 2.24) is 20.4 Å². The van der Waals surface area contributed by atoms with Gasteiger partial charge < -0.3 is 0 Å². The molecule has 0 aliphatic heterocycles. The van der Waals surface area contributed by atoms with Gasteiger partial charge in [0.1, 0.15) is 0 Å². The second-order valence-electron chi connectivity index (χ2n) is 2.89. The SMILES string of the molecule is Cc1nnc(-c2cc(Cl)ccc2Cl)nn1. The topological polar surface area (TPSA) is 51.6 Å². The van der Waals surface area contributed by atoms with E-state index in [4.69, 9.17) is 23.2 Å². The van der Waals surface area contributed by atoms with Crippen molar-refractivity contribution in [2.75, 3.05) is 0 Å². The smallest absolute Gasteiger partial charge is 0.131 e. The Morgan fingerprint density at radius 3 is 2.33 bits per heavy atom. The Morgan fingerprint density at radius 1 is 1.00 bits per heavy atom. The fraction of sp³-hybridized carbons (Fsp3) is 0.111. The first-order valence-corrected chi connectivity index (χ1v) is 4.92. The van der Waals surface area contributed by atoms with Gasteiger partial charge in [-0.15, -0.1) is 20.4 Å². The summed E-state index contributed by atoms with van der Waals surface area (Å²) < 4.78 is 0. The van der Waals surface area contributed by atoms with Crippen LogP contribution in [-0.2, 0) is 0 Å². The molecule has 0 N–H and O–H groups in total. The molecule has 0 radical (unpaired) electrons. The standard InChI is InChI=1S/C9H6Cl2N4/c1-5-12-14-9(15-13-5)7-4-6(10)2-3-8(7)11/h2-4H,1H3. The van der Waals surface area contributed by atoms with Crippen LogP contribution in [0.3, 0.4) is 0 Å². The van der Waals surface area contributed by atoms with Crippen LogP contribution in [0.25, 0.3) is 11.4 Å². The summed E-state index contributed by atoms with van der Waals surface area (Å²) in [4.78, 5) is 0. The minimum Gasteiger partial charge on any atom is -0.131 e. The van der Waals surface area contributed by atoms with Gasteiger partial charge in [0.15, 0.2) is 5.82 Å². The number of benzene rings is 1. The van der Waals surface area contributed by atoms with Crippen LogP contribution in [0.15, 0.2) is 18.2 Å². The van der Waals surface area contributed by atoms with Gasteiger partial charge in [-0.05, 0) is 25.1 Å². The lowest BCUT2D eigenvalue weighted by Crippen LogP contribution is -1.98. The molecular formula is C9H6Cl2N4. The van der Waals surface area contributed by atoms with Gasteiger partial charge in [-0.25, -0.2) is 0 Å². The second kappa shape index (κ2) is 4.08. The van der Waals surface area contributed by atoms with Gasteiger partial charge in [-0.3, -0.25) is 0 Å². The van der Waals surface area contributed by atoms with Crippen molar-refractivity contribution in [3.8, 4) is 11.4 Å². The van der Waals surface area contributed by atoms with Crippen LogP contribution in [0, 0.1) is 6.92 Å². The first-order chi connectivity index (χ1) is 7.16. The van der Waals surface area contributed by atoms with Gasteiger partial charge in [0.2, 0.25) is 5.82 Å². The van der Waals surface area contributed by atoms with Crippen molar-refractivity contribution in [2.24, 2.45) is 0 Å². The number of aryl methyl sites for hydroxylation is 1. The van der Waals surface area contributed by atoms with Crippen LogP contribution in [0.5, 0.6) is 0 Å². The Kier molecular flexibility index (Phi) is 2.79. The summed E-state index contributed by atoms with van der Waals surface area (Å²) in [6, 6.07) is 5.06. The second-order valence-corrected chi connectivity index (χ2v) is 3.74. The van der Waals surface area contributed by atoms with Crippen molar-refractivity contribution in [3.05, 3.63) is 34.1 Å². The van der Waals surface area contributed by atoms with Crippen molar-refractivity contribution < 1.29 is 0 Å². The molecule has 0 atom stereocenters. The average molecular weight is 241 g/mol. The largest absolute Gasteiger partial charge is 0.205 e. The minimum absolute atomic E-state index is 0.369. The van der Waals surface area contributed by atoms with E-state index in [1.807, 2.05) is 0 Å². The molecule has 0 amide bonds. The Balaban J connectivity index is 2.53. The molecule has 0 unspecified atom stereocenters. The summed E-state index contributed by atoms with van der Waals surface area (Å²) >= 11 is 11.8. The summed E-state index contributed by atoms with van der Waals surface area (Å²) in [5, 5.41) is 16.5. The summed E-state index contributed by atoms with van der Waals surface area (Å²) in [6.45, 7) is 1.71. The van der Waals surface area contributed by atoms with E-state index in [2.05, 4.69) is 20.4 Å². The van der Waals surface area contributed by atoms with E-state index in [9.17, 15) is 0 Å². The fourth-order valence-corrected chi connectivity index (χ4v) is 1.43. The van der Waals surface area contributed by atoms with E-state index in [-0.39, 0.29) is 0 Å². The molecule has 0 aliphatic carbocycles. The Labute approximate surface area is 96.3 Å². The van der Waals surface area contributed by atoms with Crippen LogP contribution in [0.2, 0.25) is 10.0 Å². The van der Waals surface area contributed by atoms with Crippen LogP contribution >= 0.6 is 23.2 Å². The number of aromatic nitrogens is 4. The van der Waals surface area contributed by atoms with Gasteiger partial charge >= 0.3 is 0 Å². The summed E-state index contributed by atoms with van der Waals surface area (Å²) in [5.74, 6) is 0.880. The molecular weight excluding hydrogens is 235 g/mol. The van der Waals surface area contributed by atoms with E-state index in [1.54, 1.807) is 25.1 Å². The van der Waals surface area contributed by atoms with Crippen LogP contribution in [0.4, 0.5) is 0 Å². The average Bonchev–Trinajstić information content (AvgIpc) is 2.23. The quantitative estimate of drug-likeness (QED) is 0.769. The van der Waals surface area contributed by atoms with Gasteiger partial charge in [-0.2, -0.15) is 0 Å². The summed E-state index contributed by atoms with van der Waals surface area (Å²) in [7, 11) is 0. The molecule has 0 saturated carbocycles. The normalized spacial score (nSPS) is 10.3. The van der Waals surface area contributed by atoms with Gasteiger partial charge in [0, 0.05) is 10.6 Å². The van der Waals surface area contributed by atoms with Gasteiger partial charge in [0.05, 0.1) is 5.02 Å². The summed E-state index contributed by atoms with van der Waals surface area (Å²) in [6.07, 6.45) is 0. The lowest BCUT2D eigenvalue weighted by molar-refractivity contribution is 0.816. The first kappa shape index (κ1) is 10.3. The van der Waals surface area contributed by atoms with Crippen LogP contribution in [-0.4, -0.2) is 20.4 Å². The Bertz CT molecular complexity index is 484. The van der Waals surface area contributed by atoms with Crippen molar-refractivity contribution in [1.29, 1.82) is 0 Å². The molecule has 15 heavy (non-hydrogen) atoms. The summed E-state index contributed by atoms with van der Waals surface area (Å²) in [5.41, 5.74) is 0.629. The van der Waals surface area contributed by atoms with E-state index in [1.165, 1.54) is 0 Å². The highest BCUT2D eigenvalue weighted by molar-refractivity contribution is 6.35. The first-order valence-electron chi connectivity index (χ1n) is 4.16. The van der Waals surface area contributed by atoms with Crippen LogP contribution < -0.4 is 0 Å². The number of hydrogen-bond donors (Lipinski definition) is 0. The Hall–Kier alpha value is -1.26. The van der Waals surface area contributed by atoms with Crippen LogP contribution in [0.1, 0.15) is 5.82 Å². The minimum atomic E-state index is 0.369. The molecule has 2 aromatic rings. The van der Waals surface area contributed by atoms with E-state index >= 15 is 0 Å². The zero-order chi connectivity index (χ0) is 10.8. The third kappa shape index (κ3) is 2.22. The lowest BCUT2D eigenvalue weighted by atomic mass is 10.2. The lowest BCUT2D eigenvalue weighted by Gasteiger charge is -2.01. The third-order valence-electron chi connectivity index (χ3n) is 1.75. The molecule has 6 heteroatoms. The number of rotatable bonds is 1. The maximum absolute atomic E-state index is 5.98. The molecule has 0 fully saturated rings. The molecule has 1 heterocycles. The zero-order valence-corrected chi connectivity index (χ0v) is 9.29. The number of nitrogens with zero attached hydrogens (tertiary/aromatic N) is 4. The van der Waals surface area contributed by atoms with Crippen molar-refractivity contribution in [2.45, 2.75) is 6.92 Å². The predicted molar refractivity (Wildman–Crippen MR) is 57.8 cm³/mol.